The molecule has 0 spiro atoms. The quantitative estimate of drug-likeness (QED) is 0.722. The lowest BCUT2D eigenvalue weighted by Gasteiger charge is -2.09. The lowest BCUT2D eigenvalue weighted by atomic mass is 10.0. The zero-order valence-electron chi connectivity index (χ0n) is 13.6. The SMILES string of the molecule is C[C@H](Sc1ncc(-c2ccc(-c3ccccc3)cc2)n1C)C(N)=O. The van der Waals surface area contributed by atoms with Gasteiger partial charge in [-0.25, -0.2) is 4.98 Å². The normalized spacial score (nSPS) is 12.1. The molecule has 0 fully saturated rings. The second kappa shape index (κ2) is 6.93. The molecule has 1 heterocycles. The predicted molar refractivity (Wildman–Crippen MR) is 98.6 cm³/mol. The molecule has 1 amide bonds. The first-order valence-corrected chi connectivity index (χ1v) is 8.58. The predicted octanol–water partition coefficient (Wildman–Crippen LogP) is 3.72. The minimum atomic E-state index is -0.336. The van der Waals surface area contributed by atoms with E-state index in [0.717, 1.165) is 16.4 Å². The molecule has 1 aromatic heterocycles. The van der Waals surface area contributed by atoms with Crippen molar-refractivity contribution in [1.82, 2.24) is 9.55 Å². The van der Waals surface area contributed by atoms with Crippen LogP contribution in [-0.2, 0) is 11.8 Å². The van der Waals surface area contributed by atoms with Crippen molar-refractivity contribution in [1.29, 1.82) is 0 Å². The van der Waals surface area contributed by atoms with Gasteiger partial charge < -0.3 is 10.3 Å². The first-order valence-electron chi connectivity index (χ1n) is 7.70. The second-order valence-electron chi connectivity index (χ2n) is 5.59. The Morgan fingerprint density at radius 1 is 1.04 bits per heavy atom. The Hall–Kier alpha value is -2.53. The van der Waals surface area contributed by atoms with Gasteiger partial charge in [0.25, 0.3) is 0 Å². The summed E-state index contributed by atoms with van der Waals surface area (Å²) >= 11 is 1.37. The number of primary amides is 1. The Morgan fingerprint density at radius 3 is 2.25 bits per heavy atom. The van der Waals surface area contributed by atoms with E-state index < -0.39 is 0 Å². The maximum Gasteiger partial charge on any atom is 0.230 e. The standard InChI is InChI=1S/C19H19N3OS/c1-13(18(20)23)24-19-21-12-17(22(19)2)16-10-8-15(9-11-16)14-6-4-3-5-7-14/h3-13H,1-2H3,(H2,20,23)/t13-/m0/s1. The molecule has 2 N–H and O–H groups in total. The van der Waals surface area contributed by atoms with E-state index in [9.17, 15) is 4.79 Å². The number of aromatic nitrogens is 2. The fraction of sp³-hybridized carbons (Fsp3) is 0.158. The van der Waals surface area contributed by atoms with Crippen molar-refractivity contribution in [3.63, 3.8) is 0 Å². The number of imidazole rings is 1. The van der Waals surface area contributed by atoms with Gasteiger partial charge in [-0.2, -0.15) is 0 Å². The zero-order valence-corrected chi connectivity index (χ0v) is 14.5. The van der Waals surface area contributed by atoms with E-state index in [0.29, 0.717) is 0 Å². The topological polar surface area (TPSA) is 60.9 Å². The first-order chi connectivity index (χ1) is 11.6. The van der Waals surface area contributed by atoms with Crippen LogP contribution in [0.2, 0.25) is 0 Å². The third-order valence-corrected chi connectivity index (χ3v) is 5.09. The highest BCUT2D eigenvalue weighted by Gasteiger charge is 2.16. The minimum absolute atomic E-state index is 0.306. The van der Waals surface area contributed by atoms with Gasteiger partial charge in [-0.15, -0.1) is 0 Å². The molecule has 0 unspecified atom stereocenters. The lowest BCUT2D eigenvalue weighted by Crippen LogP contribution is -2.22. The summed E-state index contributed by atoms with van der Waals surface area (Å²) in [4.78, 5) is 15.6. The van der Waals surface area contributed by atoms with Gasteiger partial charge in [0, 0.05) is 7.05 Å². The summed E-state index contributed by atoms with van der Waals surface area (Å²) in [5.41, 5.74) is 9.80. The number of hydrogen-bond donors (Lipinski definition) is 1. The van der Waals surface area contributed by atoms with Crippen LogP contribution in [0.4, 0.5) is 0 Å². The van der Waals surface area contributed by atoms with Gasteiger partial charge >= 0.3 is 0 Å². The minimum Gasteiger partial charge on any atom is -0.369 e. The molecule has 3 rings (SSSR count). The molecule has 3 aromatic rings. The third-order valence-electron chi connectivity index (χ3n) is 3.92. The average molecular weight is 337 g/mol. The van der Waals surface area contributed by atoms with Gasteiger partial charge in [-0.05, 0) is 23.6 Å². The van der Waals surface area contributed by atoms with Crippen LogP contribution in [0.15, 0.2) is 66.0 Å². The Morgan fingerprint density at radius 2 is 1.62 bits per heavy atom. The molecular weight excluding hydrogens is 318 g/mol. The van der Waals surface area contributed by atoms with Crippen LogP contribution in [0.3, 0.4) is 0 Å². The first kappa shape index (κ1) is 16.3. The molecular formula is C19H19N3OS. The number of amides is 1. The third kappa shape index (κ3) is 3.36. The summed E-state index contributed by atoms with van der Waals surface area (Å²) in [5, 5.41) is 0.475. The number of thioether (sulfide) groups is 1. The van der Waals surface area contributed by atoms with Gasteiger partial charge in [0.2, 0.25) is 5.91 Å². The fourth-order valence-corrected chi connectivity index (χ4v) is 3.25. The number of nitrogens with two attached hydrogens (primary N) is 1. The molecule has 4 nitrogen and oxygen atoms in total. The van der Waals surface area contributed by atoms with Crippen LogP contribution >= 0.6 is 11.8 Å². The lowest BCUT2D eigenvalue weighted by molar-refractivity contribution is -0.117. The molecule has 0 aliphatic carbocycles. The van der Waals surface area contributed by atoms with E-state index in [-0.39, 0.29) is 11.2 Å². The molecule has 0 saturated carbocycles. The summed E-state index contributed by atoms with van der Waals surface area (Å²) in [6.45, 7) is 1.79. The number of carbonyl (C=O) groups excluding carboxylic acids is 1. The van der Waals surface area contributed by atoms with Crippen LogP contribution < -0.4 is 5.73 Å². The molecule has 0 aliphatic heterocycles. The van der Waals surface area contributed by atoms with Crippen molar-refractivity contribution in [2.45, 2.75) is 17.3 Å². The smallest absolute Gasteiger partial charge is 0.230 e. The van der Waals surface area contributed by atoms with E-state index in [1.807, 2.05) is 36.0 Å². The van der Waals surface area contributed by atoms with Crippen molar-refractivity contribution in [2.24, 2.45) is 12.8 Å². The van der Waals surface area contributed by atoms with Crippen LogP contribution in [0, 0.1) is 0 Å². The Balaban J connectivity index is 1.85. The van der Waals surface area contributed by atoms with Gasteiger partial charge in [-0.1, -0.05) is 66.4 Å². The molecule has 0 saturated heterocycles. The van der Waals surface area contributed by atoms with Crippen LogP contribution in [0.5, 0.6) is 0 Å². The number of carbonyl (C=O) groups is 1. The van der Waals surface area contributed by atoms with Crippen molar-refractivity contribution in [2.75, 3.05) is 0 Å². The van der Waals surface area contributed by atoms with Crippen LogP contribution in [0.1, 0.15) is 6.92 Å². The van der Waals surface area contributed by atoms with Gasteiger partial charge in [0.15, 0.2) is 5.16 Å². The van der Waals surface area contributed by atoms with E-state index in [1.54, 1.807) is 6.92 Å². The Kier molecular flexibility index (Phi) is 4.71. The Bertz CT molecular complexity index is 841. The van der Waals surface area contributed by atoms with Crippen molar-refractivity contribution in [3.05, 3.63) is 60.8 Å². The van der Waals surface area contributed by atoms with Crippen molar-refractivity contribution >= 4 is 17.7 Å². The molecule has 1 atom stereocenters. The van der Waals surface area contributed by atoms with Gasteiger partial charge in [-0.3, -0.25) is 4.79 Å². The highest BCUT2D eigenvalue weighted by Crippen LogP contribution is 2.29. The summed E-state index contributed by atoms with van der Waals surface area (Å²) in [6, 6.07) is 18.7. The summed E-state index contributed by atoms with van der Waals surface area (Å²) < 4.78 is 1.99. The molecule has 5 heteroatoms. The molecule has 0 radical (unpaired) electrons. The summed E-state index contributed by atoms with van der Waals surface area (Å²) in [7, 11) is 1.95. The van der Waals surface area contributed by atoms with Crippen LogP contribution in [0.25, 0.3) is 22.4 Å². The highest BCUT2D eigenvalue weighted by molar-refractivity contribution is 8.00. The van der Waals surface area contributed by atoms with E-state index in [1.165, 1.54) is 22.9 Å². The second-order valence-corrected chi connectivity index (χ2v) is 6.90. The number of hydrogen-bond acceptors (Lipinski definition) is 3. The summed E-state index contributed by atoms with van der Waals surface area (Å²) in [5.74, 6) is -0.336. The molecule has 0 aliphatic rings. The molecule has 2 aromatic carbocycles. The van der Waals surface area contributed by atoms with E-state index in [2.05, 4.69) is 41.4 Å². The largest absolute Gasteiger partial charge is 0.369 e. The van der Waals surface area contributed by atoms with E-state index >= 15 is 0 Å². The Labute approximate surface area is 145 Å². The number of nitrogens with zero attached hydrogens (tertiary/aromatic N) is 2. The van der Waals surface area contributed by atoms with Crippen molar-refractivity contribution in [3.8, 4) is 22.4 Å². The maximum atomic E-state index is 11.2. The van der Waals surface area contributed by atoms with Crippen molar-refractivity contribution < 1.29 is 4.79 Å². The average Bonchev–Trinajstić information content (AvgIpc) is 2.96. The number of rotatable bonds is 5. The molecule has 122 valence electrons. The van der Waals surface area contributed by atoms with Gasteiger partial charge in [0.1, 0.15) is 0 Å². The molecule has 24 heavy (non-hydrogen) atoms. The fourth-order valence-electron chi connectivity index (χ4n) is 2.45. The highest BCUT2D eigenvalue weighted by atomic mass is 32.2. The zero-order chi connectivity index (χ0) is 17.1. The number of benzene rings is 2. The maximum absolute atomic E-state index is 11.2. The van der Waals surface area contributed by atoms with Crippen LogP contribution in [-0.4, -0.2) is 20.7 Å². The summed E-state index contributed by atoms with van der Waals surface area (Å²) in [6.07, 6.45) is 1.83. The van der Waals surface area contributed by atoms with E-state index in [4.69, 9.17) is 5.73 Å². The van der Waals surface area contributed by atoms with Gasteiger partial charge in [0.05, 0.1) is 17.1 Å². The monoisotopic (exact) mass is 337 g/mol. The molecule has 0 bridgehead atoms.